The molecule has 6 rings (SSSR count). The van der Waals surface area contributed by atoms with Crippen molar-refractivity contribution in [1.82, 2.24) is 15.1 Å². The monoisotopic (exact) mass is 1080 g/mol. The van der Waals surface area contributed by atoms with E-state index in [1.807, 2.05) is 51.2 Å². The fourth-order valence-corrected chi connectivity index (χ4v) is 12.1. The number of Topliss-reactive ketones (excluding diaryl/α,β-unsaturated/α-hetero) is 3. The number of aliphatic hydroxyl groups is 3. The molecule has 2 bridgehead atoms. The van der Waals surface area contributed by atoms with Crippen LogP contribution in [-0.4, -0.2) is 174 Å². The Balaban J connectivity index is 1.27. The molecule has 4 saturated heterocycles. The number of nitrogens with zero attached hydrogens (tertiary/aromatic N) is 2. The van der Waals surface area contributed by atoms with Crippen LogP contribution in [-0.2, 0) is 57.2 Å². The number of cyclic esters (lactones) is 1. The van der Waals surface area contributed by atoms with Gasteiger partial charge in [-0.1, -0.05) is 71.1 Å². The number of hydrogen-bond acceptors (Lipinski definition) is 16. The van der Waals surface area contributed by atoms with Gasteiger partial charge in [-0.2, -0.15) is 0 Å². The number of carbonyl (C=O) groups is 7. The van der Waals surface area contributed by atoms with Gasteiger partial charge in [0.25, 0.3) is 17.6 Å². The highest BCUT2D eigenvalue weighted by molar-refractivity contribution is 6.39. The zero-order chi connectivity index (χ0) is 56.3. The molecule has 0 aromatic rings. The van der Waals surface area contributed by atoms with Gasteiger partial charge in [-0.15, -0.1) is 0 Å². The van der Waals surface area contributed by atoms with E-state index in [4.69, 9.17) is 28.4 Å². The summed E-state index contributed by atoms with van der Waals surface area (Å²) >= 11 is 0. The highest BCUT2D eigenvalue weighted by atomic mass is 16.6. The number of piperidine rings is 1. The molecular formula is C58H87N3O16. The first kappa shape index (κ1) is 61.7. The molecule has 1 aliphatic carbocycles. The first-order valence-corrected chi connectivity index (χ1v) is 28.0. The van der Waals surface area contributed by atoms with Crippen LogP contribution in [0.15, 0.2) is 47.6 Å². The molecule has 6 aliphatic rings. The molecular weight excluding hydrogens is 995 g/mol. The van der Waals surface area contributed by atoms with E-state index < -0.39 is 95.9 Å². The minimum Gasteiger partial charge on any atom is -0.460 e. The lowest BCUT2D eigenvalue weighted by atomic mass is 9.78. The number of imide groups is 1. The number of allylic oxidation sites excluding steroid dienone is 6. The Kier molecular flexibility index (Phi) is 22.5. The summed E-state index contributed by atoms with van der Waals surface area (Å²) < 4.78 is 36.3. The van der Waals surface area contributed by atoms with E-state index in [-0.39, 0.29) is 93.0 Å². The largest absolute Gasteiger partial charge is 0.460 e. The maximum atomic E-state index is 14.5. The lowest BCUT2D eigenvalue weighted by Crippen LogP contribution is -2.61. The number of nitrogens with one attached hydrogen (secondary N) is 1. The maximum absolute atomic E-state index is 14.5. The van der Waals surface area contributed by atoms with E-state index in [1.54, 1.807) is 40.9 Å². The molecule has 0 aromatic carbocycles. The lowest BCUT2D eigenvalue weighted by Gasteiger charge is -2.43. The molecule has 0 radical (unpaired) electrons. The van der Waals surface area contributed by atoms with E-state index in [1.165, 1.54) is 16.9 Å². The Bertz CT molecular complexity index is 2210. The van der Waals surface area contributed by atoms with Crippen LogP contribution in [0.3, 0.4) is 0 Å². The second-order valence-electron chi connectivity index (χ2n) is 22.9. The van der Waals surface area contributed by atoms with Gasteiger partial charge in [0.05, 0.1) is 43.7 Å². The molecule has 4 N–H and O–H groups in total. The first-order chi connectivity index (χ1) is 36.6. The van der Waals surface area contributed by atoms with Crippen LogP contribution < -0.4 is 5.32 Å². The number of carbonyl (C=O) groups excluding carboxylic acids is 7. The molecule has 5 aliphatic heterocycles. The summed E-state index contributed by atoms with van der Waals surface area (Å²) in [5.74, 6) is -8.88. The number of methoxy groups -OCH3 is 2. The predicted molar refractivity (Wildman–Crippen MR) is 282 cm³/mol. The number of ether oxygens (including phenoxy) is 6. The van der Waals surface area contributed by atoms with Gasteiger partial charge < -0.3 is 53.5 Å². The normalized spacial score (nSPS) is 39.6. The molecule has 0 unspecified atom stereocenters. The van der Waals surface area contributed by atoms with Gasteiger partial charge in [-0.3, -0.25) is 29.3 Å². The van der Waals surface area contributed by atoms with Gasteiger partial charge in [-0.05, 0) is 107 Å². The molecule has 0 aromatic heterocycles. The average molecular weight is 1080 g/mol. The van der Waals surface area contributed by atoms with E-state index in [0.29, 0.717) is 69.8 Å². The molecule has 4 amide bonds. The maximum Gasteiger partial charge on any atom is 0.329 e. The summed E-state index contributed by atoms with van der Waals surface area (Å²) in [4.78, 5) is 98.7. The number of rotatable bonds is 10. The topological polar surface area (TPSA) is 254 Å². The third kappa shape index (κ3) is 15.7. The van der Waals surface area contributed by atoms with Gasteiger partial charge >= 0.3 is 12.0 Å². The number of aliphatic hydroxyl groups excluding tert-OH is 2. The third-order valence-corrected chi connectivity index (χ3v) is 17.0. The lowest BCUT2D eigenvalue weighted by molar-refractivity contribution is -0.266. The Morgan fingerprint density at radius 1 is 0.818 bits per heavy atom. The molecule has 430 valence electrons. The summed E-state index contributed by atoms with van der Waals surface area (Å²) in [6, 6.07) is -2.20. The zero-order valence-corrected chi connectivity index (χ0v) is 46.8. The minimum absolute atomic E-state index is 0.0417. The quantitative estimate of drug-likeness (QED) is 0.0716. The van der Waals surface area contributed by atoms with Gasteiger partial charge in [-0.25, -0.2) is 9.59 Å². The standard InChI is InChI=1S/C58H87N3O16/c1-33-15-11-10-12-16-34(2)47(75-24-23-74-42-29-44-54(67)59-57(70)61(44)32-42)30-41-20-18-39(7)58(71,77-41)53(66)55(68)60-22-14-13-17-43(60)56(69)76-48(36(4)27-40-19-21-45(62)49(28-40)72-8)31-46(63)35(3)26-38(6)51(65)52(73-9)50(64)37(5)25-33/h10-12,15-16,26,33,35-37,39-45,47-49,51-52,62,65,71H,13-14,17-25,27-32H2,1-9H3,(H,59,67,70)/b12-10+,15-11+,34-16+,38-26+/t33-,35-,36-,37-,39-,40+,41+,42-,43+,44+,45-,47-,48+,49-,51-,52+,58-/m1/s1. The molecule has 19 heteroatoms. The number of hydrogen-bond donors (Lipinski definition) is 4. The van der Waals surface area contributed by atoms with Crippen molar-refractivity contribution in [2.45, 2.75) is 199 Å². The number of urea groups is 1. The molecule has 19 nitrogen and oxygen atoms in total. The van der Waals surface area contributed by atoms with Crippen LogP contribution in [0.5, 0.6) is 0 Å². The average Bonchev–Trinajstić information content (AvgIpc) is 3.97. The fraction of sp³-hybridized carbons (Fsp3) is 0.741. The molecule has 17 atom stereocenters. The fourth-order valence-electron chi connectivity index (χ4n) is 12.1. The van der Waals surface area contributed by atoms with Crippen molar-refractivity contribution in [2.24, 2.45) is 35.5 Å². The van der Waals surface area contributed by atoms with Crippen molar-refractivity contribution in [2.75, 3.05) is 40.5 Å². The number of ketones is 3. The SMILES string of the molecule is CO[C@@H]1C[C@H](C[C@@H](C)[C@@H]2CC(=O)[C@H](C)/C=C(\C)[C@@H](O)[C@@H](OC)C(=O)[C@H](C)C[C@H](C)/C=C/C=C/C=C(\C)[C@H](OCCO[C@@H]3C[C@H]4C(=O)NC(=O)N4C3)C[C@@H]3CC[C@@H](C)[C@@](O)(O3)C(=O)C(=O)N3CCCC[C@H]3C(=O)O2)CC[C@H]1O. The van der Waals surface area contributed by atoms with Crippen molar-refractivity contribution in [3.8, 4) is 0 Å². The van der Waals surface area contributed by atoms with Crippen LogP contribution in [0.1, 0.15) is 132 Å². The zero-order valence-electron chi connectivity index (χ0n) is 46.8. The summed E-state index contributed by atoms with van der Waals surface area (Å²) in [7, 11) is 2.92. The van der Waals surface area contributed by atoms with Crippen molar-refractivity contribution < 1.29 is 77.3 Å². The van der Waals surface area contributed by atoms with Crippen LogP contribution >= 0.6 is 0 Å². The third-order valence-electron chi connectivity index (χ3n) is 17.0. The highest BCUT2D eigenvalue weighted by Gasteiger charge is 2.53. The predicted octanol–water partition coefficient (Wildman–Crippen LogP) is 5.26. The second kappa shape index (κ2) is 28.1. The number of esters is 1. The van der Waals surface area contributed by atoms with Crippen LogP contribution in [0.4, 0.5) is 4.79 Å². The van der Waals surface area contributed by atoms with Gasteiger partial charge in [0, 0.05) is 64.3 Å². The van der Waals surface area contributed by atoms with Crippen LogP contribution in [0.25, 0.3) is 0 Å². The molecule has 5 fully saturated rings. The van der Waals surface area contributed by atoms with Crippen LogP contribution in [0, 0.1) is 35.5 Å². The second-order valence-corrected chi connectivity index (χ2v) is 22.9. The summed E-state index contributed by atoms with van der Waals surface area (Å²) in [5, 5.41) is 36.6. The molecule has 77 heavy (non-hydrogen) atoms. The Morgan fingerprint density at radius 3 is 2.27 bits per heavy atom. The van der Waals surface area contributed by atoms with E-state index in [2.05, 4.69) is 5.32 Å². The highest BCUT2D eigenvalue weighted by Crippen LogP contribution is 2.38. The molecule has 5 heterocycles. The Labute approximate surface area is 454 Å². The van der Waals surface area contributed by atoms with Crippen molar-refractivity contribution in [3.63, 3.8) is 0 Å². The van der Waals surface area contributed by atoms with Gasteiger partial charge in [0.1, 0.15) is 36.2 Å². The first-order valence-electron chi connectivity index (χ1n) is 28.0. The Morgan fingerprint density at radius 2 is 1.56 bits per heavy atom. The summed E-state index contributed by atoms with van der Waals surface area (Å²) in [5.41, 5.74) is 1.15. The summed E-state index contributed by atoms with van der Waals surface area (Å²) in [6.07, 6.45) is 9.95. The molecule has 1 saturated carbocycles. The minimum atomic E-state index is -2.53. The smallest absolute Gasteiger partial charge is 0.329 e. The summed E-state index contributed by atoms with van der Waals surface area (Å²) in [6.45, 7) is 13.1. The van der Waals surface area contributed by atoms with Crippen molar-refractivity contribution in [1.29, 1.82) is 0 Å². The van der Waals surface area contributed by atoms with E-state index >= 15 is 0 Å². The van der Waals surface area contributed by atoms with E-state index in [9.17, 15) is 48.9 Å². The molecule has 0 spiro atoms. The number of amides is 4. The van der Waals surface area contributed by atoms with Crippen LogP contribution in [0.2, 0.25) is 0 Å². The van der Waals surface area contributed by atoms with Crippen molar-refractivity contribution in [3.05, 3.63) is 47.6 Å². The van der Waals surface area contributed by atoms with Gasteiger partial charge in [0.15, 0.2) is 5.78 Å². The number of fused-ring (bicyclic) bond motifs is 4. The van der Waals surface area contributed by atoms with E-state index in [0.717, 1.165) is 5.57 Å². The Hall–Kier alpha value is -4.47. The van der Waals surface area contributed by atoms with Gasteiger partial charge in [0.2, 0.25) is 5.79 Å². The van der Waals surface area contributed by atoms with Crippen molar-refractivity contribution >= 4 is 41.2 Å².